The Labute approximate surface area is 128 Å². The molecule has 1 heterocycles. The maximum absolute atomic E-state index is 11.2. The molecule has 0 aliphatic heterocycles. The molecule has 0 unspecified atom stereocenters. The summed E-state index contributed by atoms with van der Waals surface area (Å²) in [6, 6.07) is 22.9. The predicted octanol–water partition coefficient (Wildman–Crippen LogP) is 4.66. The fraction of sp³-hybridized carbons (Fsp3) is 0.0500. The van der Waals surface area contributed by atoms with E-state index in [1.807, 2.05) is 24.4 Å². The average molecular weight is 285 g/mol. The highest BCUT2D eigenvalue weighted by Gasteiger charge is 2.07. The molecule has 0 radical (unpaired) electrons. The van der Waals surface area contributed by atoms with E-state index in [1.54, 1.807) is 0 Å². The Balaban J connectivity index is 1.80. The van der Waals surface area contributed by atoms with Crippen LogP contribution in [0.4, 0.5) is 0 Å². The maximum atomic E-state index is 11.2. The number of nitrogens with zero attached hydrogens (tertiary/aromatic N) is 1. The summed E-state index contributed by atoms with van der Waals surface area (Å²) in [7, 11) is 0. The molecule has 2 heteroatoms. The molecule has 0 aliphatic carbocycles. The second kappa shape index (κ2) is 5.15. The Morgan fingerprint density at radius 1 is 0.864 bits per heavy atom. The van der Waals surface area contributed by atoms with Gasteiger partial charge in [-0.1, -0.05) is 54.6 Å². The summed E-state index contributed by atoms with van der Waals surface area (Å²) < 4.78 is 2.14. The van der Waals surface area contributed by atoms with E-state index in [0.29, 0.717) is 0 Å². The van der Waals surface area contributed by atoms with Crippen molar-refractivity contribution < 1.29 is 4.79 Å². The summed E-state index contributed by atoms with van der Waals surface area (Å²) in [5.74, 6) is 0. The molecular formula is C20H15NO. The van der Waals surface area contributed by atoms with Crippen LogP contribution in [0.15, 0.2) is 72.9 Å². The van der Waals surface area contributed by atoms with Crippen molar-refractivity contribution in [1.29, 1.82) is 0 Å². The average Bonchev–Trinajstić information content (AvgIpc) is 2.93. The molecule has 106 valence electrons. The molecule has 0 saturated heterocycles. The number of benzene rings is 3. The third-order valence-electron chi connectivity index (χ3n) is 4.11. The van der Waals surface area contributed by atoms with E-state index < -0.39 is 0 Å². The molecule has 0 aliphatic rings. The highest BCUT2D eigenvalue weighted by atomic mass is 16.1. The molecule has 0 N–H and O–H groups in total. The monoisotopic (exact) mass is 285 g/mol. The van der Waals surface area contributed by atoms with Crippen molar-refractivity contribution in [2.45, 2.75) is 6.54 Å². The summed E-state index contributed by atoms with van der Waals surface area (Å²) in [4.78, 5) is 11.2. The summed E-state index contributed by atoms with van der Waals surface area (Å²) in [6.07, 6.45) is 2.87. The fourth-order valence-corrected chi connectivity index (χ4v) is 3.03. The van der Waals surface area contributed by atoms with Crippen LogP contribution in [-0.2, 0) is 6.54 Å². The zero-order valence-corrected chi connectivity index (χ0v) is 12.1. The van der Waals surface area contributed by atoms with E-state index in [4.69, 9.17) is 0 Å². The number of aldehydes is 1. The van der Waals surface area contributed by atoms with Gasteiger partial charge in [-0.3, -0.25) is 4.79 Å². The van der Waals surface area contributed by atoms with E-state index >= 15 is 0 Å². The highest BCUT2D eigenvalue weighted by Crippen LogP contribution is 2.22. The first-order valence-electron chi connectivity index (χ1n) is 7.36. The Hall–Kier alpha value is -2.87. The maximum Gasteiger partial charge on any atom is 0.152 e. The van der Waals surface area contributed by atoms with E-state index in [1.165, 1.54) is 16.3 Å². The summed E-state index contributed by atoms with van der Waals surface area (Å²) in [5, 5.41) is 3.50. The van der Waals surface area contributed by atoms with Crippen LogP contribution in [0.5, 0.6) is 0 Å². The fourth-order valence-electron chi connectivity index (χ4n) is 3.03. The van der Waals surface area contributed by atoms with E-state index in [-0.39, 0.29) is 0 Å². The van der Waals surface area contributed by atoms with Gasteiger partial charge in [-0.2, -0.15) is 0 Å². The Morgan fingerprint density at radius 2 is 1.64 bits per heavy atom. The minimum Gasteiger partial charge on any atom is -0.342 e. The molecule has 3 aromatic carbocycles. The molecule has 0 saturated carbocycles. The van der Waals surface area contributed by atoms with Gasteiger partial charge < -0.3 is 4.57 Å². The normalized spacial score (nSPS) is 11.1. The standard InChI is InChI=1S/C20H15NO/c22-14-18-13-21(20-8-4-3-7-19(18)20)12-15-9-10-16-5-1-2-6-17(16)11-15/h1-11,13-14H,12H2. The highest BCUT2D eigenvalue weighted by molar-refractivity contribution is 5.97. The van der Waals surface area contributed by atoms with Crippen molar-refractivity contribution in [3.63, 3.8) is 0 Å². The molecule has 0 fully saturated rings. The van der Waals surface area contributed by atoms with Gasteiger partial charge in [0.15, 0.2) is 6.29 Å². The number of fused-ring (bicyclic) bond motifs is 2. The van der Waals surface area contributed by atoms with Crippen molar-refractivity contribution in [3.05, 3.63) is 84.1 Å². The predicted molar refractivity (Wildman–Crippen MR) is 90.4 cm³/mol. The van der Waals surface area contributed by atoms with E-state index in [2.05, 4.69) is 53.1 Å². The molecule has 0 atom stereocenters. The number of carbonyl (C=O) groups is 1. The van der Waals surface area contributed by atoms with Crippen molar-refractivity contribution in [3.8, 4) is 0 Å². The first kappa shape index (κ1) is 12.8. The molecule has 4 aromatic rings. The van der Waals surface area contributed by atoms with Gasteiger partial charge in [0.2, 0.25) is 0 Å². The SMILES string of the molecule is O=Cc1cn(Cc2ccc3ccccc3c2)c2ccccc12. The van der Waals surface area contributed by atoms with Crippen molar-refractivity contribution in [1.82, 2.24) is 4.57 Å². The van der Waals surface area contributed by atoms with Crippen molar-refractivity contribution >= 4 is 28.0 Å². The van der Waals surface area contributed by atoms with Crippen LogP contribution >= 0.6 is 0 Å². The van der Waals surface area contributed by atoms with Gasteiger partial charge in [-0.15, -0.1) is 0 Å². The minimum atomic E-state index is 0.747. The van der Waals surface area contributed by atoms with Crippen LogP contribution in [0, 0.1) is 0 Å². The molecular weight excluding hydrogens is 270 g/mol. The van der Waals surface area contributed by atoms with Crippen LogP contribution < -0.4 is 0 Å². The number of rotatable bonds is 3. The van der Waals surface area contributed by atoms with Gasteiger partial charge in [0.05, 0.1) is 0 Å². The van der Waals surface area contributed by atoms with Gasteiger partial charge in [0.25, 0.3) is 0 Å². The first-order valence-corrected chi connectivity index (χ1v) is 7.36. The van der Waals surface area contributed by atoms with Crippen LogP contribution in [-0.4, -0.2) is 10.9 Å². The zero-order chi connectivity index (χ0) is 14.9. The zero-order valence-electron chi connectivity index (χ0n) is 12.1. The third-order valence-corrected chi connectivity index (χ3v) is 4.11. The van der Waals surface area contributed by atoms with Crippen molar-refractivity contribution in [2.75, 3.05) is 0 Å². The second-order valence-electron chi connectivity index (χ2n) is 5.53. The number of hydrogen-bond donors (Lipinski definition) is 0. The quantitative estimate of drug-likeness (QED) is 0.502. The number of para-hydroxylation sites is 1. The smallest absolute Gasteiger partial charge is 0.152 e. The summed E-state index contributed by atoms with van der Waals surface area (Å²) in [6.45, 7) is 0.763. The summed E-state index contributed by atoms with van der Waals surface area (Å²) >= 11 is 0. The minimum absolute atomic E-state index is 0.747. The Bertz CT molecular complexity index is 981. The van der Waals surface area contributed by atoms with Crippen LogP contribution in [0.1, 0.15) is 15.9 Å². The molecule has 0 amide bonds. The lowest BCUT2D eigenvalue weighted by molar-refractivity contribution is 0.112. The summed E-state index contributed by atoms with van der Waals surface area (Å²) in [5.41, 5.74) is 3.08. The van der Waals surface area contributed by atoms with E-state index in [9.17, 15) is 4.79 Å². The Kier molecular flexibility index (Phi) is 3.01. The number of hydrogen-bond acceptors (Lipinski definition) is 1. The molecule has 0 bridgehead atoms. The van der Waals surface area contributed by atoms with Gasteiger partial charge >= 0.3 is 0 Å². The molecule has 0 spiro atoms. The third kappa shape index (κ3) is 2.09. The van der Waals surface area contributed by atoms with Crippen LogP contribution in [0.25, 0.3) is 21.7 Å². The van der Waals surface area contributed by atoms with Gasteiger partial charge in [0, 0.05) is 29.2 Å². The van der Waals surface area contributed by atoms with Gasteiger partial charge in [0.1, 0.15) is 0 Å². The second-order valence-corrected chi connectivity index (χ2v) is 5.53. The number of carbonyl (C=O) groups excluding carboxylic acids is 1. The Morgan fingerprint density at radius 3 is 2.50 bits per heavy atom. The number of aromatic nitrogens is 1. The van der Waals surface area contributed by atoms with Gasteiger partial charge in [-0.25, -0.2) is 0 Å². The van der Waals surface area contributed by atoms with E-state index in [0.717, 1.165) is 29.3 Å². The van der Waals surface area contributed by atoms with Crippen molar-refractivity contribution in [2.24, 2.45) is 0 Å². The molecule has 2 nitrogen and oxygen atoms in total. The lowest BCUT2D eigenvalue weighted by Gasteiger charge is -2.07. The topological polar surface area (TPSA) is 22.0 Å². The van der Waals surface area contributed by atoms with Crippen LogP contribution in [0.3, 0.4) is 0 Å². The lowest BCUT2D eigenvalue weighted by atomic mass is 10.1. The molecule has 1 aromatic heterocycles. The molecule has 4 rings (SSSR count). The molecule has 22 heavy (non-hydrogen) atoms. The first-order chi connectivity index (χ1) is 10.8. The van der Waals surface area contributed by atoms with Crippen LogP contribution in [0.2, 0.25) is 0 Å². The lowest BCUT2D eigenvalue weighted by Crippen LogP contribution is -1.97. The largest absolute Gasteiger partial charge is 0.342 e. The van der Waals surface area contributed by atoms with Gasteiger partial charge in [-0.05, 0) is 28.5 Å².